The zero-order valence-corrected chi connectivity index (χ0v) is 9.38. The molecular formula is C10H23N3O. The number of hydrogen-bond donors (Lipinski definition) is 2. The Kier molecular flexibility index (Phi) is 8.57. The second-order valence-electron chi connectivity index (χ2n) is 3.54. The first-order valence-corrected chi connectivity index (χ1v) is 5.36. The van der Waals surface area contributed by atoms with Crippen molar-refractivity contribution in [2.24, 2.45) is 5.73 Å². The number of carbonyl (C=O) groups excluding carboxylic acids is 1. The Labute approximate surface area is 86.8 Å². The number of carbonyl (C=O) groups is 1. The smallest absolute Gasteiger partial charge is 0.234 e. The van der Waals surface area contributed by atoms with Gasteiger partial charge in [0.2, 0.25) is 5.91 Å². The Balaban J connectivity index is 3.35. The zero-order chi connectivity index (χ0) is 10.8. The largest absolute Gasteiger partial charge is 0.355 e. The first kappa shape index (κ1) is 13.4. The van der Waals surface area contributed by atoms with Crippen LogP contribution in [-0.4, -0.2) is 44.0 Å². The maximum absolute atomic E-state index is 11.2. The number of hydrogen-bond acceptors (Lipinski definition) is 3. The number of nitrogens with zero attached hydrogens (tertiary/aromatic N) is 1. The molecule has 4 heteroatoms. The van der Waals surface area contributed by atoms with Crippen molar-refractivity contribution in [3.63, 3.8) is 0 Å². The van der Waals surface area contributed by atoms with Crippen molar-refractivity contribution in [1.29, 1.82) is 0 Å². The lowest BCUT2D eigenvalue weighted by Crippen LogP contribution is -2.35. The number of unbranched alkanes of at least 4 members (excludes halogenated alkanes) is 2. The molecule has 0 bridgehead atoms. The van der Waals surface area contributed by atoms with Crippen molar-refractivity contribution < 1.29 is 4.79 Å². The van der Waals surface area contributed by atoms with Crippen LogP contribution in [0, 0.1) is 0 Å². The third-order valence-electron chi connectivity index (χ3n) is 2.03. The van der Waals surface area contributed by atoms with Gasteiger partial charge in [0, 0.05) is 6.54 Å². The van der Waals surface area contributed by atoms with E-state index in [1.807, 2.05) is 18.9 Å². The van der Waals surface area contributed by atoms with Crippen LogP contribution < -0.4 is 11.1 Å². The Bertz CT molecular complexity index is 150. The number of rotatable bonds is 8. The highest BCUT2D eigenvalue weighted by atomic mass is 16.1. The van der Waals surface area contributed by atoms with Crippen LogP contribution in [0.15, 0.2) is 0 Å². The first-order chi connectivity index (χ1) is 6.70. The minimum Gasteiger partial charge on any atom is -0.355 e. The predicted molar refractivity (Wildman–Crippen MR) is 59.1 cm³/mol. The van der Waals surface area contributed by atoms with E-state index in [9.17, 15) is 4.79 Å². The van der Waals surface area contributed by atoms with Crippen molar-refractivity contribution in [1.82, 2.24) is 10.2 Å². The summed E-state index contributed by atoms with van der Waals surface area (Å²) >= 11 is 0. The standard InChI is InChI=1S/C10H23N3O/c1-3-12-10(14)9-13(2)8-6-4-5-7-11/h3-9,11H2,1-2H3,(H,12,14). The molecule has 0 radical (unpaired) electrons. The fourth-order valence-electron chi connectivity index (χ4n) is 1.28. The van der Waals surface area contributed by atoms with E-state index in [0.29, 0.717) is 13.1 Å². The summed E-state index contributed by atoms with van der Waals surface area (Å²) in [6.45, 7) is 4.87. The number of nitrogens with two attached hydrogens (primary N) is 1. The number of nitrogens with one attached hydrogen (secondary N) is 1. The van der Waals surface area contributed by atoms with Gasteiger partial charge in [0.15, 0.2) is 0 Å². The highest BCUT2D eigenvalue weighted by Gasteiger charge is 2.03. The molecule has 0 aromatic rings. The molecule has 0 aromatic heterocycles. The summed E-state index contributed by atoms with van der Waals surface area (Å²) in [6.07, 6.45) is 3.35. The molecule has 0 saturated carbocycles. The highest BCUT2D eigenvalue weighted by Crippen LogP contribution is 1.95. The van der Waals surface area contributed by atoms with E-state index in [4.69, 9.17) is 5.73 Å². The van der Waals surface area contributed by atoms with Crippen LogP contribution in [0.5, 0.6) is 0 Å². The molecule has 4 nitrogen and oxygen atoms in total. The van der Waals surface area contributed by atoms with Gasteiger partial charge in [-0.1, -0.05) is 6.42 Å². The van der Waals surface area contributed by atoms with E-state index < -0.39 is 0 Å². The highest BCUT2D eigenvalue weighted by molar-refractivity contribution is 5.77. The van der Waals surface area contributed by atoms with Crippen molar-refractivity contribution in [2.45, 2.75) is 26.2 Å². The number of likely N-dealkylation sites (N-methyl/N-ethyl adjacent to an activating group) is 2. The van der Waals surface area contributed by atoms with Crippen molar-refractivity contribution in [2.75, 3.05) is 33.2 Å². The minimum absolute atomic E-state index is 0.105. The van der Waals surface area contributed by atoms with Gasteiger partial charge in [0.05, 0.1) is 6.54 Å². The number of amides is 1. The first-order valence-electron chi connectivity index (χ1n) is 5.36. The molecule has 84 valence electrons. The SMILES string of the molecule is CCNC(=O)CN(C)CCCCCN. The summed E-state index contributed by atoms with van der Waals surface area (Å²) in [6, 6.07) is 0. The molecule has 0 rings (SSSR count). The second-order valence-corrected chi connectivity index (χ2v) is 3.54. The summed E-state index contributed by atoms with van der Waals surface area (Å²) in [5.41, 5.74) is 5.39. The molecule has 14 heavy (non-hydrogen) atoms. The molecule has 0 unspecified atom stereocenters. The monoisotopic (exact) mass is 201 g/mol. The fourth-order valence-corrected chi connectivity index (χ4v) is 1.28. The molecule has 0 aliphatic carbocycles. The summed E-state index contributed by atoms with van der Waals surface area (Å²) in [5, 5.41) is 2.78. The van der Waals surface area contributed by atoms with Gasteiger partial charge < -0.3 is 11.1 Å². The normalized spacial score (nSPS) is 10.6. The van der Waals surface area contributed by atoms with Gasteiger partial charge >= 0.3 is 0 Å². The summed E-state index contributed by atoms with van der Waals surface area (Å²) in [4.78, 5) is 13.2. The summed E-state index contributed by atoms with van der Waals surface area (Å²) in [5.74, 6) is 0.105. The molecule has 0 heterocycles. The van der Waals surface area contributed by atoms with Crippen LogP contribution in [0.1, 0.15) is 26.2 Å². The zero-order valence-electron chi connectivity index (χ0n) is 9.38. The quantitative estimate of drug-likeness (QED) is 0.551. The molecule has 0 aliphatic heterocycles. The lowest BCUT2D eigenvalue weighted by Gasteiger charge is -2.15. The predicted octanol–water partition coefficient (Wildman–Crippen LogP) is 0.183. The van der Waals surface area contributed by atoms with Gasteiger partial charge in [-0.25, -0.2) is 0 Å². The van der Waals surface area contributed by atoms with Gasteiger partial charge in [0.1, 0.15) is 0 Å². The molecule has 0 fully saturated rings. The van der Waals surface area contributed by atoms with Crippen LogP contribution in [0.3, 0.4) is 0 Å². The lowest BCUT2D eigenvalue weighted by atomic mass is 10.2. The third-order valence-corrected chi connectivity index (χ3v) is 2.03. The van der Waals surface area contributed by atoms with E-state index in [1.165, 1.54) is 0 Å². The van der Waals surface area contributed by atoms with Crippen LogP contribution in [0.2, 0.25) is 0 Å². The van der Waals surface area contributed by atoms with E-state index in [2.05, 4.69) is 5.32 Å². The lowest BCUT2D eigenvalue weighted by molar-refractivity contribution is -0.121. The minimum atomic E-state index is 0.105. The second kappa shape index (κ2) is 8.97. The molecule has 1 amide bonds. The van der Waals surface area contributed by atoms with Gasteiger partial charge in [0.25, 0.3) is 0 Å². The van der Waals surface area contributed by atoms with Crippen molar-refractivity contribution in [3.8, 4) is 0 Å². The van der Waals surface area contributed by atoms with Gasteiger partial charge in [-0.3, -0.25) is 9.69 Å². The van der Waals surface area contributed by atoms with Crippen LogP contribution in [0.4, 0.5) is 0 Å². The summed E-state index contributed by atoms with van der Waals surface area (Å²) < 4.78 is 0. The third kappa shape index (κ3) is 8.01. The van der Waals surface area contributed by atoms with Crippen molar-refractivity contribution in [3.05, 3.63) is 0 Å². The molecule has 3 N–H and O–H groups in total. The average Bonchev–Trinajstić information content (AvgIpc) is 2.13. The van der Waals surface area contributed by atoms with Gasteiger partial charge in [-0.2, -0.15) is 0 Å². The molecule has 0 atom stereocenters. The van der Waals surface area contributed by atoms with Crippen LogP contribution >= 0.6 is 0 Å². The van der Waals surface area contributed by atoms with Crippen LogP contribution in [-0.2, 0) is 4.79 Å². The maximum atomic E-state index is 11.2. The van der Waals surface area contributed by atoms with Gasteiger partial charge in [-0.05, 0) is 39.9 Å². The Morgan fingerprint density at radius 1 is 1.36 bits per heavy atom. The average molecular weight is 201 g/mol. The van der Waals surface area contributed by atoms with E-state index in [0.717, 1.165) is 32.4 Å². The van der Waals surface area contributed by atoms with E-state index in [-0.39, 0.29) is 5.91 Å². The maximum Gasteiger partial charge on any atom is 0.234 e. The van der Waals surface area contributed by atoms with E-state index >= 15 is 0 Å². The van der Waals surface area contributed by atoms with E-state index in [1.54, 1.807) is 0 Å². The van der Waals surface area contributed by atoms with Crippen molar-refractivity contribution >= 4 is 5.91 Å². The Morgan fingerprint density at radius 2 is 2.07 bits per heavy atom. The summed E-state index contributed by atoms with van der Waals surface area (Å²) in [7, 11) is 1.97. The molecule has 0 saturated heterocycles. The molecule has 0 aliphatic rings. The molecular weight excluding hydrogens is 178 g/mol. The topological polar surface area (TPSA) is 58.4 Å². The Hall–Kier alpha value is -0.610. The molecule has 0 spiro atoms. The Morgan fingerprint density at radius 3 is 2.64 bits per heavy atom. The van der Waals surface area contributed by atoms with Gasteiger partial charge in [-0.15, -0.1) is 0 Å². The van der Waals surface area contributed by atoms with Crippen LogP contribution in [0.25, 0.3) is 0 Å². The molecule has 0 aromatic carbocycles. The fraction of sp³-hybridized carbons (Fsp3) is 0.900.